The van der Waals surface area contributed by atoms with Crippen molar-refractivity contribution in [3.05, 3.63) is 101 Å². The number of allylic oxidation sites excluding steroid dienone is 1. The first-order valence-corrected chi connectivity index (χ1v) is 9.97. The first-order chi connectivity index (χ1) is 14.3. The summed E-state index contributed by atoms with van der Waals surface area (Å²) in [5.74, 6) is -0.615. The van der Waals surface area contributed by atoms with E-state index in [4.69, 9.17) is 23.2 Å². The van der Waals surface area contributed by atoms with Crippen LogP contribution in [0.4, 0.5) is 5.82 Å². The van der Waals surface area contributed by atoms with Gasteiger partial charge in [-0.3, -0.25) is 18.7 Å². The van der Waals surface area contributed by atoms with Crippen molar-refractivity contribution in [1.82, 2.24) is 9.13 Å². The minimum atomic E-state index is -0.771. The van der Waals surface area contributed by atoms with Gasteiger partial charge in [0.25, 0.3) is 5.56 Å². The molecule has 30 heavy (non-hydrogen) atoms. The fourth-order valence-electron chi connectivity index (χ4n) is 4.31. The molecular formula is C22H15Cl2N3O3. The number of nitrogens with zero attached hydrogens (tertiary/aromatic N) is 2. The molecule has 1 unspecified atom stereocenters. The van der Waals surface area contributed by atoms with Gasteiger partial charge in [0.05, 0.1) is 27.2 Å². The molecular weight excluding hydrogens is 425 g/mol. The Hall–Kier alpha value is -3.09. The van der Waals surface area contributed by atoms with Gasteiger partial charge in [-0.2, -0.15) is 0 Å². The van der Waals surface area contributed by atoms with Crippen LogP contribution < -0.4 is 16.6 Å². The van der Waals surface area contributed by atoms with Crippen molar-refractivity contribution in [2.75, 3.05) is 5.32 Å². The lowest BCUT2D eigenvalue weighted by Gasteiger charge is -2.30. The maximum atomic E-state index is 13.4. The van der Waals surface area contributed by atoms with Gasteiger partial charge >= 0.3 is 5.69 Å². The van der Waals surface area contributed by atoms with Crippen molar-refractivity contribution in [3.63, 3.8) is 0 Å². The summed E-state index contributed by atoms with van der Waals surface area (Å²) in [5.41, 5.74) is 2.11. The molecule has 1 aliphatic heterocycles. The zero-order valence-electron chi connectivity index (χ0n) is 16.0. The van der Waals surface area contributed by atoms with Crippen LogP contribution in [0.2, 0.25) is 10.0 Å². The van der Waals surface area contributed by atoms with Crippen molar-refractivity contribution >= 4 is 40.5 Å². The summed E-state index contributed by atoms with van der Waals surface area (Å²) in [7, 11) is 3.00. The maximum Gasteiger partial charge on any atom is 0.332 e. The largest absolute Gasteiger partial charge is 0.340 e. The summed E-state index contributed by atoms with van der Waals surface area (Å²) in [4.78, 5) is 39.2. The van der Waals surface area contributed by atoms with E-state index in [1.54, 1.807) is 37.4 Å². The van der Waals surface area contributed by atoms with Crippen LogP contribution in [-0.2, 0) is 14.1 Å². The van der Waals surface area contributed by atoms with Crippen LogP contribution in [0.3, 0.4) is 0 Å². The van der Waals surface area contributed by atoms with Gasteiger partial charge in [-0.15, -0.1) is 0 Å². The van der Waals surface area contributed by atoms with Gasteiger partial charge in [-0.05, 0) is 11.6 Å². The number of aromatic nitrogens is 2. The zero-order chi connectivity index (χ0) is 21.3. The predicted molar refractivity (Wildman–Crippen MR) is 117 cm³/mol. The summed E-state index contributed by atoms with van der Waals surface area (Å²) in [6.45, 7) is 0. The maximum absolute atomic E-state index is 13.4. The Morgan fingerprint density at radius 2 is 1.60 bits per heavy atom. The topological polar surface area (TPSA) is 73.1 Å². The second-order valence-corrected chi connectivity index (χ2v) is 8.12. The molecule has 0 spiro atoms. The first kappa shape index (κ1) is 18.9. The molecule has 0 fully saturated rings. The Balaban J connectivity index is 1.93. The number of hydrogen-bond donors (Lipinski definition) is 1. The number of carbonyl (C=O) groups excluding carboxylic acids is 1. The van der Waals surface area contributed by atoms with E-state index in [1.165, 1.54) is 11.6 Å². The quantitative estimate of drug-likeness (QED) is 0.628. The van der Waals surface area contributed by atoms with Gasteiger partial charge in [0.1, 0.15) is 5.82 Å². The van der Waals surface area contributed by atoms with E-state index in [0.717, 1.165) is 10.1 Å². The average molecular weight is 440 g/mol. The number of carbonyl (C=O) groups is 1. The van der Waals surface area contributed by atoms with E-state index in [0.29, 0.717) is 33.2 Å². The summed E-state index contributed by atoms with van der Waals surface area (Å²) in [5, 5.41) is 3.78. The lowest BCUT2D eigenvalue weighted by atomic mass is 9.81. The lowest BCUT2D eigenvalue weighted by molar-refractivity contribution is 0.103. The molecule has 2 aliphatic rings. The smallest absolute Gasteiger partial charge is 0.332 e. The molecule has 1 aliphatic carbocycles. The van der Waals surface area contributed by atoms with Crippen LogP contribution >= 0.6 is 23.2 Å². The summed E-state index contributed by atoms with van der Waals surface area (Å²) in [6.07, 6.45) is 0. The van der Waals surface area contributed by atoms with Gasteiger partial charge in [0.2, 0.25) is 0 Å². The Labute approximate surface area is 181 Å². The molecule has 0 bridgehead atoms. The molecule has 8 heteroatoms. The third kappa shape index (κ3) is 2.35. The normalized spacial score (nSPS) is 16.8. The Bertz CT molecular complexity index is 1430. The molecule has 3 aromatic rings. The van der Waals surface area contributed by atoms with E-state index < -0.39 is 17.2 Å². The highest BCUT2D eigenvalue weighted by Crippen LogP contribution is 2.49. The number of ketones is 1. The minimum Gasteiger partial charge on any atom is -0.340 e. The lowest BCUT2D eigenvalue weighted by Crippen LogP contribution is -2.42. The molecule has 6 nitrogen and oxygen atoms in total. The standard InChI is InChI=1S/C22H15Cl2N3O3/c1-26-20-16(21(29)27(2)22(26)30)14(12-8-5-9-13(23)17(12)24)15-18(25-20)10-6-3-4-7-11(10)19(15)28/h3-9,14,25H,1-2H3. The number of Topliss-reactive ketones (excluding diaryl/α,β-unsaturated/α-hetero) is 1. The second kappa shape index (κ2) is 6.45. The molecule has 1 aromatic heterocycles. The van der Waals surface area contributed by atoms with Crippen LogP contribution in [0.25, 0.3) is 5.70 Å². The number of rotatable bonds is 1. The summed E-state index contributed by atoms with van der Waals surface area (Å²) < 4.78 is 2.40. The van der Waals surface area contributed by atoms with Crippen LogP contribution in [0.5, 0.6) is 0 Å². The van der Waals surface area contributed by atoms with Gasteiger partial charge in [0, 0.05) is 30.8 Å². The number of fused-ring (bicyclic) bond motifs is 3. The second-order valence-electron chi connectivity index (χ2n) is 7.33. The number of nitrogens with one attached hydrogen (secondary N) is 1. The number of anilines is 1. The summed E-state index contributed by atoms with van der Waals surface area (Å²) >= 11 is 12.8. The molecule has 0 amide bonds. The number of benzene rings is 2. The Morgan fingerprint density at radius 1 is 0.900 bits per heavy atom. The fraction of sp³-hybridized carbons (Fsp3) is 0.136. The van der Waals surface area contributed by atoms with Crippen LogP contribution in [0.15, 0.2) is 57.6 Å². The van der Waals surface area contributed by atoms with E-state index in [9.17, 15) is 14.4 Å². The average Bonchev–Trinajstić information content (AvgIpc) is 3.04. The molecule has 0 radical (unpaired) electrons. The molecule has 5 rings (SSSR count). The minimum absolute atomic E-state index is 0.185. The van der Waals surface area contributed by atoms with Crippen LogP contribution in [-0.4, -0.2) is 14.9 Å². The zero-order valence-corrected chi connectivity index (χ0v) is 17.5. The van der Waals surface area contributed by atoms with Crippen molar-refractivity contribution in [3.8, 4) is 0 Å². The Kier molecular flexibility index (Phi) is 4.07. The van der Waals surface area contributed by atoms with E-state index >= 15 is 0 Å². The van der Waals surface area contributed by atoms with Gasteiger partial charge in [-0.1, -0.05) is 59.6 Å². The monoisotopic (exact) mass is 439 g/mol. The molecule has 150 valence electrons. The van der Waals surface area contributed by atoms with E-state index in [2.05, 4.69) is 5.32 Å². The summed E-state index contributed by atoms with van der Waals surface area (Å²) in [6, 6.07) is 12.3. The van der Waals surface area contributed by atoms with Gasteiger partial charge in [0.15, 0.2) is 5.78 Å². The van der Waals surface area contributed by atoms with Gasteiger partial charge in [-0.25, -0.2) is 4.79 Å². The number of halogens is 2. The third-order valence-corrected chi connectivity index (χ3v) is 6.60. The van der Waals surface area contributed by atoms with E-state index in [-0.39, 0.29) is 16.4 Å². The molecule has 1 atom stereocenters. The first-order valence-electron chi connectivity index (χ1n) is 9.22. The highest BCUT2D eigenvalue weighted by atomic mass is 35.5. The molecule has 2 aromatic carbocycles. The Morgan fingerprint density at radius 3 is 2.33 bits per heavy atom. The van der Waals surface area contributed by atoms with Crippen molar-refractivity contribution in [1.29, 1.82) is 0 Å². The molecule has 2 heterocycles. The van der Waals surface area contributed by atoms with E-state index in [1.807, 2.05) is 12.1 Å². The molecule has 0 saturated carbocycles. The number of hydrogen-bond acceptors (Lipinski definition) is 4. The molecule has 0 saturated heterocycles. The van der Waals surface area contributed by atoms with Crippen LogP contribution in [0, 0.1) is 0 Å². The SMILES string of the molecule is Cn1c2c(c(=O)n(C)c1=O)C(c1cccc(Cl)c1Cl)C1=C(N2)c2ccccc2C1=O. The van der Waals surface area contributed by atoms with Crippen molar-refractivity contribution < 1.29 is 4.79 Å². The van der Waals surface area contributed by atoms with Gasteiger partial charge < -0.3 is 5.32 Å². The highest BCUT2D eigenvalue weighted by molar-refractivity contribution is 6.42. The van der Waals surface area contributed by atoms with Crippen LogP contribution in [0.1, 0.15) is 33.0 Å². The predicted octanol–water partition coefficient (Wildman–Crippen LogP) is 3.56. The highest BCUT2D eigenvalue weighted by Gasteiger charge is 2.43. The van der Waals surface area contributed by atoms with Crippen molar-refractivity contribution in [2.45, 2.75) is 5.92 Å². The van der Waals surface area contributed by atoms with Crippen molar-refractivity contribution in [2.24, 2.45) is 14.1 Å². The fourth-order valence-corrected chi connectivity index (χ4v) is 4.73. The third-order valence-electron chi connectivity index (χ3n) is 5.77. The molecule has 1 N–H and O–H groups in total.